The molecule has 0 spiro atoms. The van der Waals surface area contributed by atoms with Crippen LogP contribution in [0.5, 0.6) is 5.75 Å². The second-order valence-corrected chi connectivity index (χ2v) is 3.40. The van der Waals surface area contributed by atoms with Crippen molar-refractivity contribution in [2.24, 2.45) is 0 Å². The van der Waals surface area contributed by atoms with Crippen molar-refractivity contribution in [3.05, 3.63) is 29.3 Å². The molecule has 0 aliphatic carbocycles. The minimum absolute atomic E-state index is 0.273. The van der Waals surface area contributed by atoms with Gasteiger partial charge in [0.2, 0.25) is 0 Å². The normalized spacial score (nSPS) is 14.6. The lowest BCUT2D eigenvalue weighted by Gasteiger charge is -2.17. The Morgan fingerprint density at radius 1 is 1.50 bits per heavy atom. The van der Waals surface area contributed by atoms with Crippen LogP contribution in [0.15, 0.2) is 18.2 Å². The number of carbonyl (C=O) groups excluding carboxylic acids is 1. The van der Waals surface area contributed by atoms with Gasteiger partial charge in [-0.1, -0.05) is 11.6 Å². The molecule has 0 aromatic heterocycles. The third-order valence-electron chi connectivity index (χ3n) is 2.10. The molecule has 76 valence electrons. The maximum Gasteiger partial charge on any atom is 0.191 e. The van der Waals surface area contributed by atoms with Gasteiger partial charge in [0.25, 0.3) is 0 Å². The molecule has 3 heteroatoms. The van der Waals surface area contributed by atoms with E-state index in [0.29, 0.717) is 5.75 Å². The van der Waals surface area contributed by atoms with Crippen molar-refractivity contribution < 1.29 is 13.9 Å². The first kappa shape index (κ1) is 10.7. The standard InChI is InChI=1S/C11H13FO2/c1-8-4-5-10(14-3)9(6-8)11(2,12)7-13/h4-7H,1-3H3. The van der Waals surface area contributed by atoms with E-state index in [4.69, 9.17) is 4.74 Å². The molecule has 1 aromatic carbocycles. The van der Waals surface area contributed by atoms with Crippen LogP contribution in [0, 0.1) is 6.92 Å². The number of benzene rings is 1. The lowest BCUT2D eigenvalue weighted by Crippen LogP contribution is -2.18. The lowest BCUT2D eigenvalue weighted by molar-refractivity contribution is -0.117. The molecular formula is C11H13FO2. The van der Waals surface area contributed by atoms with Crippen LogP contribution < -0.4 is 4.74 Å². The molecule has 0 radical (unpaired) electrons. The van der Waals surface area contributed by atoms with Gasteiger partial charge in [-0.15, -0.1) is 0 Å². The van der Waals surface area contributed by atoms with E-state index in [1.807, 2.05) is 13.0 Å². The molecule has 14 heavy (non-hydrogen) atoms. The number of aldehydes is 1. The zero-order valence-electron chi connectivity index (χ0n) is 8.50. The Bertz CT molecular complexity index is 345. The summed E-state index contributed by atoms with van der Waals surface area (Å²) < 4.78 is 18.7. The van der Waals surface area contributed by atoms with E-state index in [2.05, 4.69) is 0 Å². The molecule has 0 saturated carbocycles. The molecule has 1 unspecified atom stereocenters. The largest absolute Gasteiger partial charge is 0.496 e. The summed E-state index contributed by atoms with van der Waals surface area (Å²) in [5.41, 5.74) is -0.821. The van der Waals surface area contributed by atoms with E-state index in [9.17, 15) is 9.18 Å². The zero-order valence-corrected chi connectivity index (χ0v) is 8.50. The summed E-state index contributed by atoms with van der Waals surface area (Å²) in [4.78, 5) is 10.6. The Labute approximate surface area is 82.7 Å². The lowest BCUT2D eigenvalue weighted by atomic mass is 9.97. The number of methoxy groups -OCH3 is 1. The molecule has 1 rings (SSSR count). The summed E-state index contributed by atoms with van der Waals surface area (Å²) in [7, 11) is 1.45. The number of hydrogen-bond acceptors (Lipinski definition) is 2. The van der Waals surface area contributed by atoms with Crippen LogP contribution in [-0.4, -0.2) is 13.4 Å². The molecule has 1 atom stereocenters. The highest BCUT2D eigenvalue weighted by atomic mass is 19.1. The predicted molar refractivity (Wildman–Crippen MR) is 52.3 cm³/mol. The second-order valence-electron chi connectivity index (χ2n) is 3.40. The number of ether oxygens (including phenoxy) is 1. The summed E-state index contributed by atoms with van der Waals surface area (Å²) in [6.07, 6.45) is 0.282. The summed E-state index contributed by atoms with van der Waals surface area (Å²) in [6, 6.07) is 5.09. The summed E-state index contributed by atoms with van der Waals surface area (Å²) in [5.74, 6) is 0.396. The molecule has 0 aliphatic rings. The maximum atomic E-state index is 13.7. The molecule has 0 fully saturated rings. The van der Waals surface area contributed by atoms with Crippen LogP contribution in [0.1, 0.15) is 18.1 Å². The quantitative estimate of drug-likeness (QED) is 0.694. The number of hydrogen-bond donors (Lipinski definition) is 0. The van der Waals surface area contributed by atoms with Crippen LogP contribution in [-0.2, 0) is 10.5 Å². The van der Waals surface area contributed by atoms with E-state index in [-0.39, 0.29) is 11.8 Å². The Balaban J connectivity index is 3.30. The summed E-state index contributed by atoms with van der Waals surface area (Å²) in [6.45, 7) is 3.06. The van der Waals surface area contributed by atoms with Crippen LogP contribution in [0.2, 0.25) is 0 Å². The SMILES string of the molecule is COc1ccc(C)cc1C(C)(F)C=O. The Hall–Kier alpha value is -1.38. The van der Waals surface area contributed by atoms with Crippen LogP contribution in [0.3, 0.4) is 0 Å². The van der Waals surface area contributed by atoms with Gasteiger partial charge in [0.1, 0.15) is 5.75 Å². The zero-order chi connectivity index (χ0) is 10.8. The summed E-state index contributed by atoms with van der Waals surface area (Å²) >= 11 is 0. The van der Waals surface area contributed by atoms with Gasteiger partial charge in [-0.05, 0) is 26.0 Å². The van der Waals surface area contributed by atoms with E-state index in [0.717, 1.165) is 5.56 Å². The number of carbonyl (C=O) groups is 1. The van der Waals surface area contributed by atoms with Crippen molar-refractivity contribution in [3.8, 4) is 5.75 Å². The van der Waals surface area contributed by atoms with Crippen molar-refractivity contribution in [2.75, 3.05) is 7.11 Å². The van der Waals surface area contributed by atoms with Crippen molar-refractivity contribution in [2.45, 2.75) is 19.5 Å². The number of rotatable bonds is 3. The Kier molecular flexibility index (Phi) is 2.89. The molecule has 0 heterocycles. The highest BCUT2D eigenvalue weighted by molar-refractivity contribution is 5.67. The molecule has 2 nitrogen and oxygen atoms in total. The van der Waals surface area contributed by atoms with Crippen molar-refractivity contribution >= 4 is 6.29 Å². The van der Waals surface area contributed by atoms with Gasteiger partial charge >= 0.3 is 0 Å². The number of halogens is 1. The molecule has 1 aromatic rings. The molecule has 0 saturated heterocycles. The van der Waals surface area contributed by atoms with E-state index in [1.54, 1.807) is 12.1 Å². The second kappa shape index (κ2) is 3.78. The third kappa shape index (κ3) is 1.92. The third-order valence-corrected chi connectivity index (χ3v) is 2.10. The van der Waals surface area contributed by atoms with Gasteiger partial charge in [-0.3, -0.25) is 4.79 Å². The average Bonchev–Trinajstić information content (AvgIpc) is 2.18. The minimum Gasteiger partial charge on any atom is -0.496 e. The molecule has 0 bridgehead atoms. The van der Waals surface area contributed by atoms with Crippen LogP contribution >= 0.6 is 0 Å². The Morgan fingerprint density at radius 2 is 2.14 bits per heavy atom. The van der Waals surface area contributed by atoms with Gasteiger partial charge in [-0.25, -0.2) is 4.39 Å². The predicted octanol–water partition coefficient (Wildman–Crippen LogP) is 2.39. The van der Waals surface area contributed by atoms with Gasteiger partial charge in [0, 0.05) is 5.56 Å². The fourth-order valence-electron chi connectivity index (χ4n) is 1.27. The molecule has 0 N–H and O–H groups in total. The van der Waals surface area contributed by atoms with E-state index >= 15 is 0 Å². The van der Waals surface area contributed by atoms with E-state index in [1.165, 1.54) is 14.0 Å². The molecule has 0 aliphatic heterocycles. The van der Waals surface area contributed by atoms with Crippen molar-refractivity contribution in [3.63, 3.8) is 0 Å². The van der Waals surface area contributed by atoms with Crippen LogP contribution in [0.4, 0.5) is 4.39 Å². The van der Waals surface area contributed by atoms with Gasteiger partial charge in [-0.2, -0.15) is 0 Å². The fourth-order valence-corrected chi connectivity index (χ4v) is 1.27. The Morgan fingerprint density at radius 3 is 2.64 bits per heavy atom. The monoisotopic (exact) mass is 196 g/mol. The topological polar surface area (TPSA) is 26.3 Å². The first-order valence-electron chi connectivity index (χ1n) is 4.31. The number of alkyl halides is 1. The highest BCUT2D eigenvalue weighted by Gasteiger charge is 2.28. The van der Waals surface area contributed by atoms with E-state index < -0.39 is 5.67 Å². The maximum absolute atomic E-state index is 13.7. The molecular weight excluding hydrogens is 183 g/mol. The first-order valence-corrected chi connectivity index (χ1v) is 4.31. The molecule has 0 amide bonds. The van der Waals surface area contributed by atoms with Crippen molar-refractivity contribution in [1.82, 2.24) is 0 Å². The van der Waals surface area contributed by atoms with Crippen LogP contribution in [0.25, 0.3) is 0 Å². The smallest absolute Gasteiger partial charge is 0.191 e. The fraction of sp³-hybridized carbons (Fsp3) is 0.364. The van der Waals surface area contributed by atoms with Gasteiger partial charge in [0.15, 0.2) is 12.0 Å². The summed E-state index contributed by atoms with van der Waals surface area (Å²) in [5, 5.41) is 0. The average molecular weight is 196 g/mol. The first-order chi connectivity index (χ1) is 6.51. The minimum atomic E-state index is -1.99. The van der Waals surface area contributed by atoms with Crippen molar-refractivity contribution in [1.29, 1.82) is 0 Å². The highest BCUT2D eigenvalue weighted by Crippen LogP contribution is 2.32. The van der Waals surface area contributed by atoms with Gasteiger partial charge in [0.05, 0.1) is 7.11 Å². The van der Waals surface area contributed by atoms with Gasteiger partial charge < -0.3 is 4.74 Å². The number of aryl methyl sites for hydroxylation is 1.